The molecule has 0 amide bonds. The first-order valence-electron chi connectivity index (χ1n) is 7.04. The number of rotatable bonds is 3. The zero-order chi connectivity index (χ0) is 13.5. The van der Waals surface area contributed by atoms with Crippen molar-refractivity contribution in [1.82, 2.24) is 5.32 Å². The third kappa shape index (κ3) is 2.16. The summed E-state index contributed by atoms with van der Waals surface area (Å²) in [6.45, 7) is 5.43. The van der Waals surface area contributed by atoms with E-state index in [1.165, 1.54) is 6.07 Å². The van der Waals surface area contributed by atoms with Gasteiger partial charge in [-0.25, -0.2) is 4.39 Å². The molecule has 2 aromatic rings. The van der Waals surface area contributed by atoms with Gasteiger partial charge in [0, 0.05) is 5.39 Å². The van der Waals surface area contributed by atoms with Crippen LogP contribution in [0.15, 0.2) is 28.7 Å². The lowest BCUT2D eigenvalue weighted by molar-refractivity contribution is 0.260. The summed E-state index contributed by atoms with van der Waals surface area (Å²) in [5.74, 6) is 1.18. The second kappa shape index (κ2) is 4.64. The zero-order valence-corrected chi connectivity index (χ0v) is 11.5. The van der Waals surface area contributed by atoms with Crippen molar-refractivity contribution in [2.45, 2.75) is 38.6 Å². The molecule has 1 N–H and O–H groups in total. The molecule has 3 heteroatoms. The van der Waals surface area contributed by atoms with Crippen molar-refractivity contribution in [2.24, 2.45) is 5.92 Å². The van der Waals surface area contributed by atoms with Gasteiger partial charge in [0.05, 0.1) is 5.54 Å². The first-order chi connectivity index (χ1) is 9.11. The molecule has 3 rings (SSSR count). The lowest BCUT2D eigenvalue weighted by atomic mass is 9.85. The topological polar surface area (TPSA) is 25.2 Å². The van der Waals surface area contributed by atoms with Gasteiger partial charge in [0.15, 0.2) is 11.4 Å². The van der Waals surface area contributed by atoms with Crippen LogP contribution in [0, 0.1) is 11.7 Å². The Balaban J connectivity index is 2.08. The number of para-hydroxylation sites is 1. The fourth-order valence-corrected chi connectivity index (χ4v) is 3.25. The summed E-state index contributed by atoms with van der Waals surface area (Å²) in [7, 11) is 0. The van der Waals surface area contributed by atoms with Crippen molar-refractivity contribution < 1.29 is 8.81 Å². The van der Waals surface area contributed by atoms with E-state index in [4.69, 9.17) is 4.42 Å². The normalized spacial score (nSPS) is 23.6. The molecule has 102 valence electrons. The molecule has 2 heterocycles. The Morgan fingerprint density at radius 2 is 2.26 bits per heavy atom. The van der Waals surface area contributed by atoms with E-state index in [-0.39, 0.29) is 11.4 Å². The second-order valence-electron chi connectivity index (χ2n) is 5.98. The van der Waals surface area contributed by atoms with E-state index in [1.807, 2.05) is 12.1 Å². The Morgan fingerprint density at radius 3 is 2.89 bits per heavy atom. The van der Waals surface area contributed by atoms with Gasteiger partial charge in [-0.05, 0) is 43.9 Å². The van der Waals surface area contributed by atoms with Crippen LogP contribution in [-0.4, -0.2) is 6.54 Å². The number of furan rings is 1. The third-order valence-electron chi connectivity index (χ3n) is 3.97. The summed E-state index contributed by atoms with van der Waals surface area (Å²) in [5, 5.41) is 4.44. The molecular weight excluding hydrogens is 241 g/mol. The molecule has 0 bridgehead atoms. The van der Waals surface area contributed by atoms with Gasteiger partial charge in [-0.1, -0.05) is 26.0 Å². The van der Waals surface area contributed by atoms with Crippen LogP contribution >= 0.6 is 0 Å². The minimum absolute atomic E-state index is 0.111. The molecule has 1 aliphatic rings. The van der Waals surface area contributed by atoms with E-state index < -0.39 is 0 Å². The molecule has 1 aromatic heterocycles. The lowest BCUT2D eigenvalue weighted by Crippen LogP contribution is -2.37. The van der Waals surface area contributed by atoms with Crippen LogP contribution in [0.1, 0.15) is 38.9 Å². The quantitative estimate of drug-likeness (QED) is 0.896. The summed E-state index contributed by atoms with van der Waals surface area (Å²) in [4.78, 5) is 0. The van der Waals surface area contributed by atoms with Crippen molar-refractivity contribution in [2.75, 3.05) is 6.54 Å². The standard InChI is InChI=1S/C16H20FNO/c1-11(2)10-16(7-4-8-18-16)14-9-12-5-3-6-13(17)15(12)19-14/h3,5-6,9,11,18H,4,7-8,10H2,1-2H3. The molecule has 19 heavy (non-hydrogen) atoms. The second-order valence-corrected chi connectivity index (χ2v) is 5.98. The van der Waals surface area contributed by atoms with Gasteiger partial charge in [-0.15, -0.1) is 0 Å². The van der Waals surface area contributed by atoms with Crippen LogP contribution < -0.4 is 5.32 Å². The predicted octanol–water partition coefficient (Wildman–Crippen LogP) is 4.20. The first kappa shape index (κ1) is 12.7. The molecule has 1 atom stereocenters. The van der Waals surface area contributed by atoms with Gasteiger partial charge in [-0.2, -0.15) is 0 Å². The van der Waals surface area contributed by atoms with E-state index in [0.717, 1.165) is 37.0 Å². The Bertz CT molecular complexity index is 581. The Hall–Kier alpha value is -1.35. The minimum Gasteiger partial charge on any atom is -0.456 e. The summed E-state index contributed by atoms with van der Waals surface area (Å²) in [6.07, 6.45) is 3.23. The molecular formula is C16H20FNO. The maximum Gasteiger partial charge on any atom is 0.169 e. The largest absolute Gasteiger partial charge is 0.456 e. The van der Waals surface area contributed by atoms with E-state index in [2.05, 4.69) is 19.2 Å². The highest BCUT2D eigenvalue weighted by Gasteiger charge is 2.38. The summed E-state index contributed by atoms with van der Waals surface area (Å²) < 4.78 is 19.6. The maximum atomic E-state index is 13.8. The van der Waals surface area contributed by atoms with E-state index in [9.17, 15) is 4.39 Å². The zero-order valence-electron chi connectivity index (χ0n) is 11.5. The number of hydrogen-bond donors (Lipinski definition) is 1. The molecule has 1 aliphatic heterocycles. The van der Waals surface area contributed by atoms with Crippen LogP contribution in [0.4, 0.5) is 4.39 Å². The van der Waals surface area contributed by atoms with Crippen molar-refractivity contribution in [3.8, 4) is 0 Å². The van der Waals surface area contributed by atoms with Gasteiger partial charge in [0.25, 0.3) is 0 Å². The smallest absolute Gasteiger partial charge is 0.169 e. The van der Waals surface area contributed by atoms with Gasteiger partial charge in [0.2, 0.25) is 0 Å². The minimum atomic E-state index is -0.276. The number of nitrogens with one attached hydrogen (secondary N) is 1. The lowest BCUT2D eigenvalue weighted by Gasteiger charge is -2.29. The maximum absolute atomic E-state index is 13.8. The van der Waals surface area contributed by atoms with E-state index in [1.54, 1.807) is 6.07 Å². The monoisotopic (exact) mass is 261 g/mol. The SMILES string of the molecule is CC(C)CC1(c2cc3cccc(F)c3o2)CCCN1. The fourth-order valence-electron chi connectivity index (χ4n) is 3.25. The molecule has 0 radical (unpaired) electrons. The highest BCUT2D eigenvalue weighted by molar-refractivity contribution is 5.78. The van der Waals surface area contributed by atoms with Crippen LogP contribution in [0.2, 0.25) is 0 Å². The Morgan fingerprint density at radius 1 is 1.42 bits per heavy atom. The first-order valence-corrected chi connectivity index (χ1v) is 7.04. The van der Waals surface area contributed by atoms with Gasteiger partial charge in [0.1, 0.15) is 5.76 Å². The highest BCUT2D eigenvalue weighted by atomic mass is 19.1. The van der Waals surface area contributed by atoms with Crippen LogP contribution in [-0.2, 0) is 5.54 Å². The van der Waals surface area contributed by atoms with Gasteiger partial charge < -0.3 is 9.73 Å². The van der Waals surface area contributed by atoms with Crippen LogP contribution in [0.3, 0.4) is 0 Å². The van der Waals surface area contributed by atoms with Crippen LogP contribution in [0.25, 0.3) is 11.0 Å². The van der Waals surface area contributed by atoms with Crippen molar-refractivity contribution >= 4 is 11.0 Å². The summed E-state index contributed by atoms with van der Waals surface area (Å²) in [6, 6.07) is 7.09. The van der Waals surface area contributed by atoms with Gasteiger partial charge >= 0.3 is 0 Å². The van der Waals surface area contributed by atoms with Gasteiger partial charge in [-0.3, -0.25) is 0 Å². The van der Waals surface area contributed by atoms with Crippen molar-refractivity contribution in [1.29, 1.82) is 0 Å². The third-order valence-corrected chi connectivity index (χ3v) is 3.97. The molecule has 0 spiro atoms. The Kier molecular flexibility index (Phi) is 3.09. The molecule has 1 saturated heterocycles. The van der Waals surface area contributed by atoms with E-state index in [0.29, 0.717) is 11.5 Å². The molecule has 0 aliphatic carbocycles. The molecule has 2 nitrogen and oxygen atoms in total. The number of fused-ring (bicyclic) bond motifs is 1. The number of hydrogen-bond acceptors (Lipinski definition) is 2. The summed E-state index contributed by atoms with van der Waals surface area (Å²) in [5.41, 5.74) is 0.272. The van der Waals surface area contributed by atoms with Crippen molar-refractivity contribution in [3.05, 3.63) is 35.8 Å². The van der Waals surface area contributed by atoms with Crippen molar-refractivity contribution in [3.63, 3.8) is 0 Å². The highest BCUT2D eigenvalue weighted by Crippen LogP contribution is 2.39. The average Bonchev–Trinajstić information content (AvgIpc) is 2.95. The predicted molar refractivity (Wildman–Crippen MR) is 74.5 cm³/mol. The van der Waals surface area contributed by atoms with Crippen LogP contribution in [0.5, 0.6) is 0 Å². The summed E-state index contributed by atoms with van der Waals surface area (Å²) >= 11 is 0. The molecule has 1 unspecified atom stereocenters. The molecule has 1 fully saturated rings. The molecule has 0 saturated carbocycles. The Labute approximate surface area is 113 Å². The molecule has 1 aromatic carbocycles. The van der Waals surface area contributed by atoms with E-state index >= 15 is 0 Å². The average molecular weight is 261 g/mol. The fraction of sp³-hybridized carbons (Fsp3) is 0.500. The number of halogens is 1. The number of benzene rings is 1.